The highest BCUT2D eigenvalue weighted by Gasteiger charge is 2.33. The van der Waals surface area contributed by atoms with Crippen molar-refractivity contribution in [2.45, 2.75) is 24.9 Å². The molecule has 0 spiro atoms. The summed E-state index contributed by atoms with van der Waals surface area (Å²) >= 11 is 0. The third kappa shape index (κ3) is 8.53. The van der Waals surface area contributed by atoms with E-state index in [2.05, 4.69) is 20.4 Å². The van der Waals surface area contributed by atoms with E-state index in [1.165, 1.54) is 4.90 Å². The first-order chi connectivity index (χ1) is 20.2. The van der Waals surface area contributed by atoms with Crippen LogP contribution in [0.1, 0.15) is 22.3 Å². The molecule has 0 unspecified atom stereocenters. The number of hydrogen-bond acceptors (Lipinski definition) is 7. The van der Waals surface area contributed by atoms with Crippen LogP contribution < -0.4 is 15.4 Å². The molecule has 2 aromatic rings. The number of likely N-dealkylation sites (N-methyl/N-ethyl adjacent to an activating group) is 2. The lowest BCUT2D eigenvalue weighted by atomic mass is 10.0. The van der Waals surface area contributed by atoms with Crippen molar-refractivity contribution >= 4 is 23.6 Å². The summed E-state index contributed by atoms with van der Waals surface area (Å²) in [6.45, 7) is 4.66. The van der Waals surface area contributed by atoms with Gasteiger partial charge in [0.1, 0.15) is 24.4 Å². The Hall–Kier alpha value is -3.96. The summed E-state index contributed by atoms with van der Waals surface area (Å²) in [5.74, 6) is -1.22. The van der Waals surface area contributed by atoms with Gasteiger partial charge < -0.3 is 30.1 Å². The second-order valence-corrected chi connectivity index (χ2v) is 11.1. The van der Waals surface area contributed by atoms with Gasteiger partial charge in [-0.2, -0.15) is 0 Å². The molecule has 11 nitrogen and oxygen atoms in total. The number of nitrogens with one attached hydrogen (secondary N) is 2. The fraction of sp³-hybridized carbons (Fsp3) is 0.484. The third-order valence-corrected chi connectivity index (χ3v) is 7.65. The first kappa shape index (κ1) is 31.0. The van der Waals surface area contributed by atoms with E-state index in [9.17, 15) is 19.2 Å². The van der Waals surface area contributed by atoms with Gasteiger partial charge in [0.25, 0.3) is 5.91 Å². The molecule has 42 heavy (non-hydrogen) atoms. The molecule has 2 aliphatic heterocycles. The van der Waals surface area contributed by atoms with Gasteiger partial charge in [-0.05, 0) is 31.8 Å². The van der Waals surface area contributed by atoms with Crippen molar-refractivity contribution in [2.24, 2.45) is 0 Å². The molecule has 0 bridgehead atoms. The lowest BCUT2D eigenvalue weighted by molar-refractivity contribution is -0.138. The Morgan fingerprint density at radius 3 is 2.33 bits per heavy atom. The quantitative estimate of drug-likeness (QED) is 0.512. The number of hydrogen-bond donors (Lipinski definition) is 2. The molecular formula is C31H42N6O5. The molecule has 2 aliphatic rings. The van der Waals surface area contributed by atoms with Gasteiger partial charge in [-0.25, -0.2) is 0 Å². The highest BCUT2D eigenvalue weighted by molar-refractivity contribution is 6.01. The highest BCUT2D eigenvalue weighted by atomic mass is 16.5. The summed E-state index contributed by atoms with van der Waals surface area (Å²) in [5.41, 5.74) is 1.15. The van der Waals surface area contributed by atoms with Crippen molar-refractivity contribution in [3.8, 4) is 5.75 Å². The largest absolute Gasteiger partial charge is 0.491 e. The summed E-state index contributed by atoms with van der Waals surface area (Å²) in [6.07, 6.45) is -0.00392. The Bertz CT molecular complexity index is 1230. The number of ether oxygens (including phenoxy) is 1. The molecule has 11 heteroatoms. The molecule has 4 amide bonds. The number of carbonyl (C=O) groups is 4. The second-order valence-electron chi connectivity index (χ2n) is 11.1. The van der Waals surface area contributed by atoms with Gasteiger partial charge in [0.05, 0.1) is 18.5 Å². The third-order valence-electron chi connectivity index (χ3n) is 7.65. The van der Waals surface area contributed by atoms with E-state index in [1.807, 2.05) is 44.4 Å². The summed E-state index contributed by atoms with van der Waals surface area (Å²) in [7, 11) is 5.71. The maximum atomic E-state index is 13.8. The molecule has 2 atom stereocenters. The van der Waals surface area contributed by atoms with Crippen LogP contribution in [0.15, 0.2) is 54.6 Å². The fourth-order valence-electron chi connectivity index (χ4n) is 5.13. The van der Waals surface area contributed by atoms with Crippen LogP contribution in [0, 0.1) is 0 Å². The lowest BCUT2D eigenvalue weighted by Crippen LogP contribution is -2.57. The highest BCUT2D eigenvalue weighted by Crippen LogP contribution is 2.19. The van der Waals surface area contributed by atoms with E-state index < -0.39 is 23.9 Å². The summed E-state index contributed by atoms with van der Waals surface area (Å²) in [4.78, 5) is 61.7. The van der Waals surface area contributed by atoms with Crippen molar-refractivity contribution in [3.05, 3.63) is 65.7 Å². The van der Waals surface area contributed by atoms with Crippen LogP contribution in [-0.4, -0.2) is 129 Å². The molecule has 1 saturated heterocycles. The molecule has 2 heterocycles. The van der Waals surface area contributed by atoms with Crippen molar-refractivity contribution < 1.29 is 23.9 Å². The maximum absolute atomic E-state index is 13.8. The van der Waals surface area contributed by atoms with Gasteiger partial charge >= 0.3 is 0 Å². The van der Waals surface area contributed by atoms with Crippen molar-refractivity contribution in [1.29, 1.82) is 0 Å². The SMILES string of the molecule is CN(C)CCN1CCN(C(=O)[C@@H]2CC(=O)N[C@@H](Cc3ccccc3)C(=O)N(C)CCOc3ccccc3C(=O)N2)CC1. The Morgan fingerprint density at radius 2 is 1.62 bits per heavy atom. The number of fused-ring (bicyclic) bond motifs is 1. The fourth-order valence-corrected chi connectivity index (χ4v) is 5.13. The van der Waals surface area contributed by atoms with Gasteiger partial charge in [0.2, 0.25) is 17.7 Å². The predicted molar refractivity (Wildman–Crippen MR) is 159 cm³/mol. The van der Waals surface area contributed by atoms with Crippen LogP contribution in [0.3, 0.4) is 0 Å². The van der Waals surface area contributed by atoms with E-state index in [1.54, 1.807) is 36.2 Å². The first-order valence-corrected chi connectivity index (χ1v) is 14.5. The Morgan fingerprint density at radius 1 is 0.929 bits per heavy atom. The molecule has 2 N–H and O–H groups in total. The minimum atomic E-state index is -1.10. The van der Waals surface area contributed by atoms with Crippen LogP contribution in [0.5, 0.6) is 5.75 Å². The van der Waals surface area contributed by atoms with Crippen molar-refractivity contribution in [3.63, 3.8) is 0 Å². The van der Waals surface area contributed by atoms with Gasteiger partial charge in [-0.1, -0.05) is 42.5 Å². The Kier molecular flexibility index (Phi) is 10.9. The summed E-state index contributed by atoms with van der Waals surface area (Å²) < 4.78 is 5.91. The van der Waals surface area contributed by atoms with Gasteiger partial charge in [0.15, 0.2) is 0 Å². The van der Waals surface area contributed by atoms with E-state index in [4.69, 9.17) is 4.74 Å². The molecule has 226 valence electrons. The average molecular weight is 579 g/mol. The lowest BCUT2D eigenvalue weighted by Gasteiger charge is -2.37. The topological polar surface area (TPSA) is 115 Å². The molecule has 1 fully saturated rings. The molecule has 0 radical (unpaired) electrons. The van der Waals surface area contributed by atoms with Crippen molar-refractivity contribution in [1.82, 2.24) is 30.2 Å². The zero-order valence-electron chi connectivity index (χ0n) is 24.8. The van der Waals surface area contributed by atoms with E-state index >= 15 is 0 Å². The van der Waals surface area contributed by atoms with Gasteiger partial charge in [-0.15, -0.1) is 0 Å². The number of piperazine rings is 1. The van der Waals surface area contributed by atoms with Crippen molar-refractivity contribution in [2.75, 3.05) is 73.6 Å². The molecule has 0 aromatic heterocycles. The smallest absolute Gasteiger partial charge is 0.255 e. The van der Waals surface area contributed by atoms with E-state index in [0.717, 1.165) is 18.7 Å². The normalized spacial score (nSPS) is 21.2. The van der Waals surface area contributed by atoms with Crippen LogP contribution >= 0.6 is 0 Å². The predicted octanol–water partition coefficient (Wildman–Crippen LogP) is 0.459. The molecule has 0 saturated carbocycles. The van der Waals surface area contributed by atoms with Crippen LogP contribution in [0.25, 0.3) is 0 Å². The Balaban J connectivity index is 1.56. The summed E-state index contributed by atoms with van der Waals surface area (Å²) in [6, 6.07) is 14.3. The molecule has 2 aromatic carbocycles. The maximum Gasteiger partial charge on any atom is 0.255 e. The second kappa shape index (κ2) is 14.8. The average Bonchev–Trinajstić information content (AvgIpc) is 2.99. The molecule has 4 rings (SSSR count). The Labute approximate surface area is 247 Å². The minimum absolute atomic E-state index is 0.152. The standard InChI is InChI=1S/C31H42N6O5/c1-34(2)13-14-36-15-17-37(18-16-36)31(41)26-22-28(38)32-25(21-23-9-5-4-6-10-23)30(40)35(3)19-20-42-27-12-8-7-11-24(27)29(39)33-26/h4-12,25-26H,13-22H2,1-3H3,(H,32,38)(H,33,39)/t25-,26-/m0/s1. The monoisotopic (exact) mass is 578 g/mol. The zero-order chi connectivity index (χ0) is 30.1. The minimum Gasteiger partial charge on any atom is -0.491 e. The first-order valence-electron chi connectivity index (χ1n) is 14.5. The number of carbonyl (C=O) groups excluding carboxylic acids is 4. The van der Waals surface area contributed by atoms with Crippen LogP contribution in [-0.2, 0) is 20.8 Å². The molecular weight excluding hydrogens is 536 g/mol. The van der Waals surface area contributed by atoms with Gasteiger partial charge in [0, 0.05) is 52.7 Å². The number of rotatable bonds is 6. The zero-order valence-corrected chi connectivity index (χ0v) is 24.8. The van der Waals surface area contributed by atoms with E-state index in [0.29, 0.717) is 38.3 Å². The number of amides is 4. The number of para-hydroxylation sites is 1. The van der Waals surface area contributed by atoms with Crippen LogP contribution in [0.2, 0.25) is 0 Å². The summed E-state index contributed by atoms with van der Waals surface area (Å²) in [5, 5.41) is 5.65. The number of benzene rings is 2. The van der Waals surface area contributed by atoms with E-state index in [-0.39, 0.29) is 37.0 Å². The van der Waals surface area contributed by atoms with Crippen LogP contribution in [0.4, 0.5) is 0 Å². The number of nitrogens with zero attached hydrogens (tertiary/aromatic N) is 4. The van der Waals surface area contributed by atoms with Gasteiger partial charge in [-0.3, -0.25) is 24.1 Å². The molecule has 0 aliphatic carbocycles.